The molecule has 4 aromatic rings. The van der Waals surface area contributed by atoms with E-state index in [0.29, 0.717) is 29.5 Å². The number of tetrazole rings is 1. The van der Waals surface area contributed by atoms with Crippen LogP contribution in [0.5, 0.6) is 0 Å². The van der Waals surface area contributed by atoms with Gasteiger partial charge in [0.05, 0.1) is 5.69 Å². The zero-order valence-corrected chi connectivity index (χ0v) is 22.7. The average molecular weight is 536 g/mol. The van der Waals surface area contributed by atoms with Crippen LogP contribution in [-0.2, 0) is 22.4 Å². The third kappa shape index (κ3) is 6.85. The van der Waals surface area contributed by atoms with Crippen LogP contribution in [0.2, 0.25) is 5.15 Å². The maximum absolute atomic E-state index is 13.0. The van der Waals surface area contributed by atoms with E-state index in [2.05, 4.69) is 37.5 Å². The number of ether oxygens (including phenoxy) is 1. The molecule has 0 amide bonds. The molecule has 0 aliphatic heterocycles. The second-order valence-electron chi connectivity index (χ2n) is 9.84. The number of carbonyl (C=O) groups is 1. The van der Waals surface area contributed by atoms with Gasteiger partial charge in [0.1, 0.15) is 18.0 Å². The van der Waals surface area contributed by atoms with Gasteiger partial charge in [-0.05, 0) is 46.7 Å². The van der Waals surface area contributed by atoms with Crippen LogP contribution in [0, 0.1) is 5.92 Å². The van der Waals surface area contributed by atoms with E-state index in [9.17, 15) is 4.79 Å². The topological polar surface area (TPSA) is 135 Å². The quantitative estimate of drug-likeness (QED) is 0.205. The molecule has 10 heteroatoms. The highest BCUT2D eigenvalue weighted by Gasteiger charge is 2.27. The summed E-state index contributed by atoms with van der Waals surface area (Å²) in [5, 5.41) is 15.0. The number of aromatic amines is 2. The van der Waals surface area contributed by atoms with Gasteiger partial charge in [-0.3, -0.25) is 4.79 Å². The lowest BCUT2D eigenvalue weighted by Crippen LogP contribution is -2.34. The van der Waals surface area contributed by atoms with Crippen LogP contribution in [0.3, 0.4) is 0 Å². The molecular weight excluding hydrogens is 502 g/mol. The van der Waals surface area contributed by atoms with Crippen LogP contribution in [0.4, 0.5) is 0 Å². The van der Waals surface area contributed by atoms with Crippen LogP contribution in [0.25, 0.3) is 22.5 Å². The number of unbranched alkanes of at least 4 members (excludes halogenated alkanes) is 1. The molecule has 0 aliphatic rings. The van der Waals surface area contributed by atoms with E-state index in [1.807, 2.05) is 62.4 Å². The fourth-order valence-corrected chi connectivity index (χ4v) is 4.66. The molecule has 4 rings (SSSR count). The summed E-state index contributed by atoms with van der Waals surface area (Å²) in [7, 11) is 0. The Labute approximate surface area is 227 Å². The normalized spacial score (nSPS) is 13.0. The lowest BCUT2D eigenvalue weighted by molar-refractivity contribution is -0.151. The number of carbonyl (C=O) groups excluding carboxylic acids is 1. The number of halogens is 1. The number of H-pyrrole nitrogens is 2. The summed E-state index contributed by atoms with van der Waals surface area (Å²) < 4.78 is 5.98. The molecule has 2 aromatic heterocycles. The van der Waals surface area contributed by atoms with Crippen LogP contribution in [0.15, 0.2) is 48.5 Å². The van der Waals surface area contributed by atoms with E-state index in [1.165, 1.54) is 0 Å². The zero-order chi connectivity index (χ0) is 27.1. The largest absolute Gasteiger partial charge is 0.454 e. The van der Waals surface area contributed by atoms with Gasteiger partial charge in [0.15, 0.2) is 5.15 Å². The van der Waals surface area contributed by atoms with E-state index in [-0.39, 0.29) is 5.92 Å². The van der Waals surface area contributed by atoms with E-state index in [0.717, 1.165) is 47.3 Å². The summed E-state index contributed by atoms with van der Waals surface area (Å²) in [5.41, 5.74) is 10.4. The molecule has 4 N–H and O–H groups in total. The number of aryl methyl sites for hydroxylation is 1. The van der Waals surface area contributed by atoms with Crippen molar-refractivity contribution in [2.24, 2.45) is 11.7 Å². The molecule has 0 saturated carbocycles. The summed E-state index contributed by atoms with van der Waals surface area (Å²) in [6.07, 6.45) is 2.95. The molecule has 0 unspecified atom stereocenters. The molecule has 2 heterocycles. The Morgan fingerprint density at radius 2 is 1.92 bits per heavy atom. The minimum atomic E-state index is -0.728. The number of rotatable bonds is 12. The van der Waals surface area contributed by atoms with Crippen molar-refractivity contribution in [3.8, 4) is 22.5 Å². The average Bonchev–Trinajstić information content (AvgIpc) is 3.57. The summed E-state index contributed by atoms with van der Waals surface area (Å²) in [6.45, 7) is 6.15. The second kappa shape index (κ2) is 12.8. The van der Waals surface area contributed by atoms with Crippen molar-refractivity contribution in [3.63, 3.8) is 0 Å². The molecule has 200 valence electrons. The molecule has 0 aliphatic carbocycles. The first kappa shape index (κ1) is 27.5. The van der Waals surface area contributed by atoms with E-state index in [4.69, 9.17) is 22.1 Å². The van der Waals surface area contributed by atoms with Crippen molar-refractivity contribution < 1.29 is 9.53 Å². The SMILES string of the molecule is CCCCc1nc(Cl)c([C@H](Cc2ccc(-c3ccccc3)c(-c3nn[nH]n3)c2)OC(=O)[C@@H](N)CC(C)C)[nH]1. The number of imidazole rings is 1. The molecule has 2 aromatic carbocycles. The van der Waals surface area contributed by atoms with Gasteiger partial charge in [0.2, 0.25) is 5.82 Å². The Morgan fingerprint density at radius 1 is 1.13 bits per heavy atom. The van der Waals surface area contributed by atoms with Crippen molar-refractivity contribution in [2.75, 3.05) is 0 Å². The lowest BCUT2D eigenvalue weighted by atomic mass is 9.95. The van der Waals surface area contributed by atoms with Crippen molar-refractivity contribution in [3.05, 3.63) is 70.8 Å². The van der Waals surface area contributed by atoms with Crippen molar-refractivity contribution in [1.29, 1.82) is 0 Å². The second-order valence-corrected chi connectivity index (χ2v) is 10.2. The third-order valence-corrected chi connectivity index (χ3v) is 6.57. The van der Waals surface area contributed by atoms with E-state index >= 15 is 0 Å². The van der Waals surface area contributed by atoms with Gasteiger partial charge in [-0.2, -0.15) is 5.21 Å². The highest BCUT2D eigenvalue weighted by molar-refractivity contribution is 6.30. The maximum Gasteiger partial charge on any atom is 0.323 e. The van der Waals surface area contributed by atoms with Crippen LogP contribution in [-0.4, -0.2) is 42.6 Å². The molecular formula is C28H34ClN7O2. The summed E-state index contributed by atoms with van der Waals surface area (Å²) in [4.78, 5) is 20.8. The smallest absolute Gasteiger partial charge is 0.323 e. The van der Waals surface area contributed by atoms with Gasteiger partial charge in [0, 0.05) is 18.4 Å². The van der Waals surface area contributed by atoms with Gasteiger partial charge in [-0.25, -0.2) is 4.98 Å². The monoisotopic (exact) mass is 535 g/mol. The molecule has 9 nitrogen and oxygen atoms in total. The minimum Gasteiger partial charge on any atom is -0.454 e. The summed E-state index contributed by atoms with van der Waals surface area (Å²) in [6, 6.07) is 15.3. The van der Waals surface area contributed by atoms with Gasteiger partial charge >= 0.3 is 5.97 Å². The number of hydrogen-bond donors (Lipinski definition) is 3. The third-order valence-electron chi connectivity index (χ3n) is 6.29. The van der Waals surface area contributed by atoms with Gasteiger partial charge in [-0.1, -0.05) is 81.3 Å². The Kier molecular flexibility index (Phi) is 9.25. The first-order chi connectivity index (χ1) is 18.4. The Hall–Kier alpha value is -3.56. The Bertz CT molecular complexity index is 1320. The van der Waals surface area contributed by atoms with Crippen LogP contribution in [0.1, 0.15) is 63.2 Å². The molecule has 0 fully saturated rings. The van der Waals surface area contributed by atoms with Crippen LogP contribution >= 0.6 is 11.6 Å². The maximum atomic E-state index is 13.0. The summed E-state index contributed by atoms with van der Waals surface area (Å²) in [5.74, 6) is 1.03. The van der Waals surface area contributed by atoms with Gasteiger partial charge in [-0.15, -0.1) is 10.2 Å². The fraction of sp³-hybridized carbons (Fsp3) is 0.393. The molecule has 38 heavy (non-hydrogen) atoms. The number of nitrogens with zero attached hydrogens (tertiary/aromatic N) is 4. The molecule has 0 spiro atoms. The number of aromatic nitrogens is 6. The van der Waals surface area contributed by atoms with Gasteiger partial charge < -0.3 is 15.5 Å². The molecule has 0 radical (unpaired) electrons. The highest BCUT2D eigenvalue weighted by atomic mass is 35.5. The van der Waals surface area contributed by atoms with E-state index in [1.54, 1.807) is 0 Å². The number of esters is 1. The van der Waals surface area contributed by atoms with Crippen molar-refractivity contribution in [2.45, 2.75) is 65.0 Å². The predicted octanol–water partition coefficient (Wildman–Crippen LogP) is 5.45. The molecule has 0 saturated heterocycles. The minimum absolute atomic E-state index is 0.260. The number of hydrogen-bond acceptors (Lipinski definition) is 7. The standard InChI is InChI=1S/C28H34ClN7O2/c1-4-5-11-24-31-25(26(29)32-24)23(38-28(37)22(30)14-17(2)3)16-18-12-13-20(19-9-7-6-8-10-19)21(15-18)27-33-35-36-34-27/h6-10,12-13,15,17,22-23H,4-5,11,14,16,30H2,1-3H3,(H,31,32)(H,33,34,35,36)/t22-,23-/m0/s1. The lowest BCUT2D eigenvalue weighted by Gasteiger charge is -2.21. The van der Waals surface area contributed by atoms with Crippen molar-refractivity contribution in [1.82, 2.24) is 30.6 Å². The Balaban J connectivity index is 1.69. The fourth-order valence-electron chi connectivity index (χ4n) is 4.39. The van der Waals surface area contributed by atoms with Crippen molar-refractivity contribution >= 4 is 17.6 Å². The first-order valence-electron chi connectivity index (χ1n) is 13.0. The first-order valence-corrected chi connectivity index (χ1v) is 13.4. The predicted molar refractivity (Wildman–Crippen MR) is 147 cm³/mol. The molecule has 2 atom stereocenters. The number of benzene rings is 2. The number of nitrogens with one attached hydrogen (secondary N) is 2. The Morgan fingerprint density at radius 3 is 2.61 bits per heavy atom. The number of nitrogens with two attached hydrogens (primary N) is 1. The van der Waals surface area contributed by atoms with Crippen LogP contribution < -0.4 is 5.73 Å². The highest BCUT2D eigenvalue weighted by Crippen LogP contribution is 2.34. The summed E-state index contributed by atoms with van der Waals surface area (Å²) >= 11 is 6.55. The zero-order valence-electron chi connectivity index (χ0n) is 21.9. The van der Waals surface area contributed by atoms with E-state index < -0.39 is 18.1 Å². The van der Waals surface area contributed by atoms with Gasteiger partial charge in [0.25, 0.3) is 0 Å². The molecule has 0 bridgehead atoms.